The Labute approximate surface area is 184 Å². The second-order valence-corrected chi connectivity index (χ2v) is 11.3. The van der Waals surface area contributed by atoms with Crippen molar-refractivity contribution in [3.63, 3.8) is 0 Å². The summed E-state index contributed by atoms with van der Waals surface area (Å²) in [4.78, 5) is 27.9. The Morgan fingerprint density at radius 1 is 1.23 bits per heavy atom. The largest absolute Gasteiger partial charge is 0.587 e. The molecule has 2 aromatic rings. The van der Waals surface area contributed by atoms with E-state index in [1.54, 1.807) is 12.1 Å². The number of benzene rings is 1. The third-order valence-corrected chi connectivity index (χ3v) is 6.00. The van der Waals surface area contributed by atoms with Gasteiger partial charge in [0, 0.05) is 23.6 Å². The van der Waals surface area contributed by atoms with E-state index in [-0.39, 0.29) is 17.6 Å². The minimum atomic E-state index is -4.65. The summed E-state index contributed by atoms with van der Waals surface area (Å²) < 4.78 is 22.8. The van der Waals surface area contributed by atoms with Gasteiger partial charge in [0.2, 0.25) is 0 Å². The highest BCUT2D eigenvalue weighted by Crippen LogP contribution is 2.47. The van der Waals surface area contributed by atoms with Gasteiger partial charge in [0.05, 0.1) is 6.42 Å². The maximum absolute atomic E-state index is 12.6. The predicted octanol–water partition coefficient (Wildman–Crippen LogP) is 4.09. The molecule has 0 aliphatic rings. The van der Waals surface area contributed by atoms with Gasteiger partial charge in [0.15, 0.2) is 0 Å². The number of nitrogens with zero attached hydrogens (tertiary/aromatic N) is 1. The SMILES string of the molecule is CN(C)CCc1c[nH]c2cccc(OP(=O)(O)OC(=O)CC(C)(C)CC(C)(C)CN)c12. The van der Waals surface area contributed by atoms with Crippen molar-refractivity contribution < 1.29 is 23.3 Å². The van der Waals surface area contributed by atoms with E-state index in [4.69, 9.17) is 14.8 Å². The third-order valence-electron chi connectivity index (χ3n) is 5.14. The normalized spacial score (nSPS) is 14.6. The highest BCUT2D eigenvalue weighted by molar-refractivity contribution is 7.48. The molecule has 8 nitrogen and oxygen atoms in total. The van der Waals surface area contributed by atoms with Crippen LogP contribution in [0.4, 0.5) is 0 Å². The number of carbonyl (C=O) groups is 1. The van der Waals surface area contributed by atoms with Crippen molar-refractivity contribution in [3.8, 4) is 5.75 Å². The highest BCUT2D eigenvalue weighted by atomic mass is 31.2. The van der Waals surface area contributed by atoms with Gasteiger partial charge < -0.3 is 24.7 Å². The van der Waals surface area contributed by atoms with Crippen LogP contribution in [0, 0.1) is 10.8 Å². The van der Waals surface area contributed by atoms with Crippen LogP contribution in [0.2, 0.25) is 0 Å². The van der Waals surface area contributed by atoms with Crippen LogP contribution in [0.15, 0.2) is 24.4 Å². The summed E-state index contributed by atoms with van der Waals surface area (Å²) in [5.41, 5.74) is 6.93. The summed E-state index contributed by atoms with van der Waals surface area (Å²) in [6, 6.07) is 5.17. The van der Waals surface area contributed by atoms with E-state index in [2.05, 4.69) is 9.88 Å². The van der Waals surface area contributed by atoms with E-state index in [0.29, 0.717) is 18.4 Å². The molecule has 0 saturated heterocycles. The van der Waals surface area contributed by atoms with Crippen LogP contribution < -0.4 is 10.3 Å². The van der Waals surface area contributed by atoms with Gasteiger partial charge >= 0.3 is 13.8 Å². The Bertz CT molecular complexity index is 952. The molecule has 1 aromatic carbocycles. The quantitative estimate of drug-likeness (QED) is 0.439. The van der Waals surface area contributed by atoms with Crippen LogP contribution in [-0.2, 0) is 20.3 Å². The molecule has 1 unspecified atom stereocenters. The molecular formula is C22H36N3O5P. The van der Waals surface area contributed by atoms with Crippen molar-refractivity contribution in [2.24, 2.45) is 16.6 Å². The van der Waals surface area contributed by atoms with Gasteiger partial charge in [-0.05, 0) is 62.0 Å². The molecule has 0 amide bonds. The minimum absolute atomic E-state index is 0.0211. The van der Waals surface area contributed by atoms with E-state index in [1.807, 2.05) is 54.1 Å². The fourth-order valence-corrected chi connectivity index (χ4v) is 4.72. The van der Waals surface area contributed by atoms with Gasteiger partial charge in [-0.25, -0.2) is 4.57 Å². The van der Waals surface area contributed by atoms with Crippen LogP contribution in [0.1, 0.15) is 46.1 Å². The first-order valence-electron chi connectivity index (χ1n) is 10.4. The molecule has 1 heterocycles. The van der Waals surface area contributed by atoms with Crippen LogP contribution in [0.3, 0.4) is 0 Å². The molecule has 174 valence electrons. The standard InChI is InChI=1S/C22H36N3O5P/c1-21(2,14-22(3,4)15-23)12-19(26)30-31(27,28)29-18-9-7-8-17-20(18)16(13-24-17)10-11-25(5)6/h7-9,13,24H,10-12,14-15,23H2,1-6H3,(H,27,28). The lowest BCUT2D eigenvalue weighted by atomic mass is 9.73. The van der Waals surface area contributed by atoms with Crippen molar-refractivity contribution in [1.82, 2.24) is 9.88 Å². The molecule has 4 N–H and O–H groups in total. The molecule has 0 saturated carbocycles. The zero-order valence-electron chi connectivity index (χ0n) is 19.4. The maximum Gasteiger partial charge on any atom is 0.587 e. The van der Waals surface area contributed by atoms with Crippen molar-refractivity contribution in [3.05, 3.63) is 30.0 Å². The molecule has 1 aromatic heterocycles. The van der Waals surface area contributed by atoms with Crippen molar-refractivity contribution in [1.29, 1.82) is 0 Å². The fraction of sp³-hybridized carbons (Fsp3) is 0.591. The Hall–Kier alpha value is -1.86. The number of phosphoric acid groups is 1. The van der Waals surface area contributed by atoms with Crippen molar-refractivity contribution in [2.75, 3.05) is 27.2 Å². The number of aromatic amines is 1. The van der Waals surface area contributed by atoms with Gasteiger partial charge in [0.25, 0.3) is 0 Å². The average molecular weight is 454 g/mol. The number of likely N-dealkylation sites (N-methyl/N-ethyl adjacent to an activating group) is 1. The van der Waals surface area contributed by atoms with E-state index in [9.17, 15) is 14.3 Å². The van der Waals surface area contributed by atoms with Gasteiger partial charge in [-0.15, -0.1) is 0 Å². The topological polar surface area (TPSA) is 118 Å². The van der Waals surface area contributed by atoms with Crippen molar-refractivity contribution >= 4 is 24.7 Å². The van der Waals surface area contributed by atoms with Gasteiger partial charge in [-0.2, -0.15) is 0 Å². The molecule has 0 spiro atoms. The van der Waals surface area contributed by atoms with Crippen LogP contribution >= 0.6 is 7.82 Å². The van der Waals surface area contributed by atoms with E-state index in [0.717, 1.165) is 24.0 Å². The molecule has 31 heavy (non-hydrogen) atoms. The summed E-state index contributed by atoms with van der Waals surface area (Å²) >= 11 is 0. The number of carbonyl (C=O) groups excluding carboxylic acids is 1. The summed E-state index contributed by atoms with van der Waals surface area (Å²) in [6.07, 6.45) is 3.23. The van der Waals surface area contributed by atoms with Crippen molar-refractivity contribution in [2.45, 2.75) is 47.0 Å². The Morgan fingerprint density at radius 3 is 2.52 bits per heavy atom. The molecule has 0 aliphatic carbocycles. The van der Waals surface area contributed by atoms with E-state index >= 15 is 0 Å². The summed E-state index contributed by atoms with van der Waals surface area (Å²) in [5, 5.41) is 0.708. The zero-order chi connectivity index (χ0) is 23.4. The number of aromatic nitrogens is 1. The number of rotatable bonds is 11. The molecule has 0 bridgehead atoms. The number of hydrogen-bond acceptors (Lipinski definition) is 6. The monoisotopic (exact) mass is 453 g/mol. The maximum atomic E-state index is 12.6. The Kier molecular flexibility index (Phi) is 7.98. The lowest BCUT2D eigenvalue weighted by Gasteiger charge is -2.33. The molecule has 0 radical (unpaired) electrons. The van der Waals surface area contributed by atoms with Gasteiger partial charge in [-0.1, -0.05) is 33.8 Å². The molecule has 0 aliphatic heterocycles. The first kappa shape index (κ1) is 25.4. The summed E-state index contributed by atoms with van der Waals surface area (Å²) in [7, 11) is -0.699. The second-order valence-electron chi connectivity index (χ2n) is 9.96. The number of hydrogen-bond donors (Lipinski definition) is 3. The van der Waals surface area contributed by atoms with Crippen LogP contribution in [-0.4, -0.2) is 47.9 Å². The zero-order valence-corrected chi connectivity index (χ0v) is 20.3. The van der Waals surface area contributed by atoms with E-state index in [1.165, 1.54) is 0 Å². The number of fused-ring (bicyclic) bond motifs is 1. The number of nitrogens with two attached hydrogens (primary N) is 1. The van der Waals surface area contributed by atoms with Crippen LogP contribution in [0.25, 0.3) is 10.9 Å². The number of nitrogens with one attached hydrogen (secondary N) is 1. The lowest BCUT2D eigenvalue weighted by Crippen LogP contribution is -2.31. The predicted molar refractivity (Wildman–Crippen MR) is 123 cm³/mol. The van der Waals surface area contributed by atoms with Gasteiger partial charge in [-0.3, -0.25) is 9.69 Å². The first-order chi connectivity index (χ1) is 14.2. The second kappa shape index (κ2) is 9.74. The van der Waals surface area contributed by atoms with E-state index < -0.39 is 19.2 Å². The Balaban J connectivity index is 2.13. The summed E-state index contributed by atoms with van der Waals surface area (Å²) in [5.74, 6) is -0.576. The Morgan fingerprint density at radius 2 is 1.90 bits per heavy atom. The molecular weight excluding hydrogens is 417 g/mol. The summed E-state index contributed by atoms with van der Waals surface area (Å²) in [6.45, 7) is 9.14. The molecule has 1 atom stereocenters. The number of phosphoric ester groups is 1. The molecule has 2 rings (SSSR count). The van der Waals surface area contributed by atoms with Gasteiger partial charge in [0.1, 0.15) is 5.75 Å². The smallest absolute Gasteiger partial charge is 0.394 e. The molecule has 9 heteroatoms. The first-order valence-corrected chi connectivity index (χ1v) is 11.9. The number of H-pyrrole nitrogens is 1. The highest BCUT2D eigenvalue weighted by Gasteiger charge is 2.35. The molecule has 0 fully saturated rings. The fourth-order valence-electron chi connectivity index (χ4n) is 3.96. The average Bonchev–Trinajstić information content (AvgIpc) is 3.01. The third kappa shape index (κ3) is 7.65. The lowest BCUT2D eigenvalue weighted by molar-refractivity contribution is -0.138. The minimum Gasteiger partial charge on any atom is -0.394 e. The van der Waals surface area contributed by atoms with Crippen LogP contribution in [0.5, 0.6) is 5.75 Å².